The van der Waals surface area contributed by atoms with Gasteiger partial charge in [0.1, 0.15) is 0 Å². The van der Waals surface area contributed by atoms with E-state index in [1.54, 1.807) is 0 Å². The second-order valence-corrected chi connectivity index (χ2v) is 7.34. The maximum Gasteiger partial charge on any atom is 0.223 e. The molecule has 130 valence electrons. The summed E-state index contributed by atoms with van der Waals surface area (Å²) in [5.74, 6) is 0.731. The lowest BCUT2D eigenvalue weighted by Gasteiger charge is -2.38. The van der Waals surface area contributed by atoms with E-state index in [0.29, 0.717) is 12.5 Å². The molecule has 2 aromatic rings. The van der Waals surface area contributed by atoms with E-state index in [1.165, 1.54) is 11.1 Å². The summed E-state index contributed by atoms with van der Waals surface area (Å²) in [6.07, 6.45) is 2.89. The van der Waals surface area contributed by atoms with Crippen LogP contribution in [0.4, 0.5) is 0 Å². The molecule has 0 spiro atoms. The average molecular weight is 335 g/mol. The zero-order valence-electron chi connectivity index (χ0n) is 14.5. The van der Waals surface area contributed by atoms with Crippen molar-refractivity contribution in [2.24, 2.45) is 5.92 Å². The summed E-state index contributed by atoms with van der Waals surface area (Å²) < 4.78 is 5.58. The van der Waals surface area contributed by atoms with E-state index >= 15 is 0 Å². The van der Waals surface area contributed by atoms with Crippen LogP contribution in [-0.4, -0.2) is 25.7 Å². The van der Waals surface area contributed by atoms with Crippen LogP contribution in [-0.2, 0) is 14.9 Å². The molecule has 2 fully saturated rings. The fourth-order valence-corrected chi connectivity index (χ4v) is 4.06. The first-order valence-electron chi connectivity index (χ1n) is 9.24. The fraction of sp³-hybridized carbons (Fsp3) is 0.409. The molecule has 1 N–H and O–H groups in total. The smallest absolute Gasteiger partial charge is 0.223 e. The summed E-state index contributed by atoms with van der Waals surface area (Å²) in [6.45, 7) is 2.24. The van der Waals surface area contributed by atoms with Crippen molar-refractivity contribution in [1.29, 1.82) is 0 Å². The van der Waals surface area contributed by atoms with Gasteiger partial charge < -0.3 is 10.1 Å². The number of carbonyl (C=O) groups is 1. The minimum Gasteiger partial charge on any atom is -0.381 e. The quantitative estimate of drug-likeness (QED) is 0.906. The lowest BCUT2D eigenvalue weighted by atomic mass is 9.74. The highest BCUT2D eigenvalue weighted by molar-refractivity contribution is 5.83. The molecule has 2 aliphatic rings. The van der Waals surface area contributed by atoms with Gasteiger partial charge in [0.2, 0.25) is 5.91 Å². The van der Waals surface area contributed by atoms with Gasteiger partial charge in [0.25, 0.3) is 0 Å². The number of ether oxygens (including phenoxy) is 1. The fourth-order valence-electron chi connectivity index (χ4n) is 4.06. The Kier molecular flexibility index (Phi) is 4.58. The Labute approximate surface area is 149 Å². The Balaban J connectivity index is 1.41. The average Bonchev–Trinajstić information content (AvgIpc) is 3.49. The van der Waals surface area contributed by atoms with Crippen LogP contribution in [0.15, 0.2) is 60.7 Å². The molecule has 1 amide bonds. The van der Waals surface area contributed by atoms with Gasteiger partial charge in [-0.25, -0.2) is 0 Å². The Morgan fingerprint density at radius 2 is 1.64 bits per heavy atom. The van der Waals surface area contributed by atoms with Gasteiger partial charge in [0, 0.05) is 31.1 Å². The van der Waals surface area contributed by atoms with Crippen molar-refractivity contribution in [3.05, 3.63) is 71.8 Å². The number of carbonyl (C=O) groups excluding carboxylic acids is 1. The second kappa shape index (κ2) is 7.01. The van der Waals surface area contributed by atoms with Gasteiger partial charge in [-0.15, -0.1) is 0 Å². The molecule has 0 bridgehead atoms. The summed E-state index contributed by atoms with van der Waals surface area (Å²) in [5, 5.41) is 3.26. The normalized spacial score (nSPS) is 24.5. The number of nitrogens with one attached hydrogen (secondary N) is 1. The zero-order chi connectivity index (χ0) is 17.1. The highest BCUT2D eigenvalue weighted by Crippen LogP contribution is 2.47. The SMILES string of the molecule is O=C(NCC1(c2ccccc2)CCOCC1)[C@@H]1C[C@@H]1c1ccccc1. The number of benzene rings is 2. The van der Waals surface area contributed by atoms with Crippen LogP contribution in [0.2, 0.25) is 0 Å². The van der Waals surface area contributed by atoms with Crippen molar-refractivity contribution >= 4 is 5.91 Å². The van der Waals surface area contributed by atoms with Crippen LogP contribution in [0.1, 0.15) is 36.3 Å². The number of rotatable bonds is 5. The lowest BCUT2D eigenvalue weighted by molar-refractivity contribution is -0.122. The second-order valence-electron chi connectivity index (χ2n) is 7.34. The highest BCUT2D eigenvalue weighted by atomic mass is 16.5. The van der Waals surface area contributed by atoms with Crippen LogP contribution in [0.5, 0.6) is 0 Å². The molecule has 1 aliphatic carbocycles. The Hall–Kier alpha value is -2.13. The largest absolute Gasteiger partial charge is 0.381 e. The maximum absolute atomic E-state index is 12.7. The molecule has 3 heteroatoms. The summed E-state index contributed by atoms with van der Waals surface area (Å²) >= 11 is 0. The van der Waals surface area contributed by atoms with E-state index in [0.717, 1.165) is 32.5 Å². The molecule has 0 unspecified atom stereocenters. The Morgan fingerprint density at radius 3 is 2.32 bits per heavy atom. The van der Waals surface area contributed by atoms with Gasteiger partial charge in [0.15, 0.2) is 0 Å². The molecular weight excluding hydrogens is 310 g/mol. The molecule has 3 nitrogen and oxygen atoms in total. The van der Waals surface area contributed by atoms with Crippen LogP contribution < -0.4 is 5.32 Å². The molecule has 2 aromatic carbocycles. The third kappa shape index (κ3) is 3.47. The van der Waals surface area contributed by atoms with Gasteiger partial charge in [-0.1, -0.05) is 60.7 Å². The van der Waals surface area contributed by atoms with Crippen molar-refractivity contribution in [3.63, 3.8) is 0 Å². The summed E-state index contributed by atoms with van der Waals surface area (Å²) in [5.41, 5.74) is 2.60. The van der Waals surface area contributed by atoms with E-state index in [1.807, 2.05) is 12.1 Å². The Morgan fingerprint density at radius 1 is 1.00 bits per heavy atom. The number of amides is 1. The molecule has 25 heavy (non-hydrogen) atoms. The molecule has 2 atom stereocenters. The van der Waals surface area contributed by atoms with Crippen LogP contribution >= 0.6 is 0 Å². The van der Waals surface area contributed by atoms with E-state index < -0.39 is 0 Å². The molecule has 0 aromatic heterocycles. The lowest BCUT2D eigenvalue weighted by Crippen LogP contribution is -2.45. The molecule has 1 heterocycles. The third-order valence-corrected chi connectivity index (χ3v) is 5.79. The van der Waals surface area contributed by atoms with Crippen molar-refractivity contribution < 1.29 is 9.53 Å². The van der Waals surface area contributed by atoms with Gasteiger partial charge in [-0.2, -0.15) is 0 Å². The molecule has 4 rings (SSSR count). The number of hydrogen-bond acceptors (Lipinski definition) is 2. The van der Waals surface area contributed by atoms with Gasteiger partial charge >= 0.3 is 0 Å². The first-order valence-corrected chi connectivity index (χ1v) is 9.24. The first kappa shape index (κ1) is 16.3. The monoisotopic (exact) mass is 335 g/mol. The number of hydrogen-bond donors (Lipinski definition) is 1. The summed E-state index contributed by atoms with van der Waals surface area (Å²) in [4.78, 5) is 12.7. The summed E-state index contributed by atoms with van der Waals surface area (Å²) in [7, 11) is 0. The first-order chi connectivity index (χ1) is 12.3. The Bertz CT molecular complexity index is 707. The highest BCUT2D eigenvalue weighted by Gasteiger charge is 2.44. The molecular formula is C22H25NO2. The predicted molar refractivity (Wildman–Crippen MR) is 98.5 cm³/mol. The standard InChI is InChI=1S/C22H25NO2/c24-21(20-15-19(20)17-7-3-1-4-8-17)23-16-22(11-13-25-14-12-22)18-9-5-2-6-10-18/h1-10,19-20H,11-16H2,(H,23,24)/t19-,20-/m1/s1. The van der Waals surface area contributed by atoms with Gasteiger partial charge in [-0.05, 0) is 36.3 Å². The van der Waals surface area contributed by atoms with Crippen molar-refractivity contribution in [1.82, 2.24) is 5.32 Å². The molecule has 1 saturated heterocycles. The van der Waals surface area contributed by atoms with Gasteiger partial charge in [0.05, 0.1) is 0 Å². The van der Waals surface area contributed by atoms with Crippen LogP contribution in [0.3, 0.4) is 0 Å². The zero-order valence-corrected chi connectivity index (χ0v) is 14.5. The predicted octanol–water partition coefficient (Wildman–Crippen LogP) is 3.65. The topological polar surface area (TPSA) is 38.3 Å². The maximum atomic E-state index is 12.7. The van der Waals surface area contributed by atoms with E-state index in [9.17, 15) is 4.79 Å². The molecule has 1 aliphatic heterocycles. The van der Waals surface area contributed by atoms with E-state index in [-0.39, 0.29) is 17.2 Å². The van der Waals surface area contributed by atoms with Crippen molar-refractivity contribution in [2.45, 2.75) is 30.6 Å². The third-order valence-electron chi connectivity index (χ3n) is 5.79. The van der Waals surface area contributed by atoms with Crippen molar-refractivity contribution in [2.75, 3.05) is 19.8 Å². The minimum atomic E-state index is 0.00625. The van der Waals surface area contributed by atoms with Crippen LogP contribution in [0.25, 0.3) is 0 Å². The summed E-state index contributed by atoms with van der Waals surface area (Å²) in [6, 6.07) is 21.0. The molecule has 0 radical (unpaired) electrons. The van der Waals surface area contributed by atoms with Crippen molar-refractivity contribution in [3.8, 4) is 0 Å². The molecule has 1 saturated carbocycles. The minimum absolute atomic E-state index is 0.00625. The van der Waals surface area contributed by atoms with E-state index in [2.05, 4.69) is 53.8 Å². The van der Waals surface area contributed by atoms with E-state index in [4.69, 9.17) is 4.74 Å². The van der Waals surface area contributed by atoms with Crippen LogP contribution in [0, 0.1) is 5.92 Å². The van der Waals surface area contributed by atoms with Gasteiger partial charge in [-0.3, -0.25) is 4.79 Å².